The molecule has 5 rings (SSSR count). The fourth-order valence-electron chi connectivity index (χ4n) is 3.76. The van der Waals surface area contributed by atoms with E-state index in [-0.39, 0.29) is 0 Å². The van der Waals surface area contributed by atoms with Crippen molar-refractivity contribution >= 4 is 62.0 Å². The van der Waals surface area contributed by atoms with Gasteiger partial charge in [0.25, 0.3) is 0 Å². The predicted molar refractivity (Wildman–Crippen MR) is 149 cm³/mol. The van der Waals surface area contributed by atoms with Crippen LogP contribution in [0.1, 0.15) is 16.7 Å². The number of aryl methyl sites for hydroxylation is 1. The number of aromatic nitrogens is 1. The van der Waals surface area contributed by atoms with E-state index in [9.17, 15) is 0 Å². The number of hydrogen-bond donors (Lipinski definition) is 1. The summed E-state index contributed by atoms with van der Waals surface area (Å²) < 4.78 is 7.26. The molecule has 1 aromatic heterocycles. The van der Waals surface area contributed by atoms with Crippen molar-refractivity contribution in [3.63, 3.8) is 0 Å². The van der Waals surface area contributed by atoms with Gasteiger partial charge in [-0.15, -0.1) is 11.3 Å². The topological polar surface area (TPSA) is 34.1 Å². The van der Waals surface area contributed by atoms with Crippen molar-refractivity contribution in [3.8, 4) is 16.3 Å². The van der Waals surface area contributed by atoms with Gasteiger partial charge in [0.1, 0.15) is 17.4 Å². The quantitative estimate of drug-likeness (QED) is 0.224. The maximum atomic E-state index is 6.48. The number of fused-ring (bicyclic) bond motifs is 1. The molecule has 5 aromatic rings. The molecule has 0 amide bonds. The van der Waals surface area contributed by atoms with Crippen molar-refractivity contribution in [1.82, 2.24) is 4.98 Å². The lowest BCUT2D eigenvalue weighted by Crippen LogP contribution is -2.05. The van der Waals surface area contributed by atoms with Crippen molar-refractivity contribution in [2.75, 3.05) is 5.32 Å². The first-order valence-electron chi connectivity index (χ1n) is 11.0. The molecular weight excluding hydrogens is 519 g/mol. The summed E-state index contributed by atoms with van der Waals surface area (Å²) in [6.45, 7) is 2.89. The average Bonchev–Trinajstić information content (AvgIpc) is 3.26. The van der Waals surface area contributed by atoms with Crippen LogP contribution in [0.15, 0.2) is 78.9 Å². The van der Waals surface area contributed by atoms with Crippen LogP contribution in [0.5, 0.6) is 5.75 Å². The van der Waals surface area contributed by atoms with Crippen LogP contribution in [0.3, 0.4) is 0 Å². The molecule has 3 nitrogen and oxygen atoms in total. The summed E-state index contributed by atoms with van der Waals surface area (Å²) in [4.78, 5) is 4.79. The highest BCUT2D eigenvalue weighted by Crippen LogP contribution is 2.35. The van der Waals surface area contributed by atoms with Gasteiger partial charge in [-0.2, -0.15) is 0 Å². The average molecular weight is 540 g/mol. The van der Waals surface area contributed by atoms with Gasteiger partial charge in [-0.05, 0) is 67.1 Å². The number of nitrogens with one attached hydrogen (secondary N) is 1. The van der Waals surface area contributed by atoms with Crippen molar-refractivity contribution < 1.29 is 4.74 Å². The zero-order chi connectivity index (χ0) is 24.4. The Balaban J connectivity index is 1.31. The molecule has 0 fully saturated rings. The summed E-state index contributed by atoms with van der Waals surface area (Å²) in [6, 6.07) is 25.7. The number of anilines is 1. The number of thiazole rings is 1. The van der Waals surface area contributed by atoms with Gasteiger partial charge in [0.2, 0.25) is 0 Å². The van der Waals surface area contributed by atoms with E-state index in [0.717, 1.165) is 32.9 Å². The van der Waals surface area contributed by atoms with Gasteiger partial charge in [0.05, 0.1) is 15.2 Å². The molecule has 7 heteroatoms. The van der Waals surface area contributed by atoms with Gasteiger partial charge in [-0.25, -0.2) is 4.98 Å². The van der Waals surface area contributed by atoms with Gasteiger partial charge in [0, 0.05) is 39.0 Å². The number of nitrogens with zero attached hydrogens (tertiary/aromatic N) is 1. The molecule has 0 spiro atoms. The van der Waals surface area contributed by atoms with Crippen LogP contribution in [-0.2, 0) is 13.2 Å². The molecule has 1 heterocycles. The van der Waals surface area contributed by atoms with Crippen molar-refractivity contribution in [3.05, 3.63) is 111 Å². The Labute approximate surface area is 223 Å². The largest absolute Gasteiger partial charge is 0.487 e. The third kappa shape index (κ3) is 5.57. The van der Waals surface area contributed by atoms with E-state index >= 15 is 0 Å². The molecular formula is C28H21Cl3N2OS. The lowest BCUT2D eigenvalue weighted by atomic mass is 10.1. The molecule has 0 radical (unpaired) electrons. The number of hydrogen-bond acceptors (Lipinski definition) is 4. The normalized spacial score (nSPS) is 11.1. The summed E-state index contributed by atoms with van der Waals surface area (Å²) >= 11 is 20.7. The standard InChI is InChI=1S/C28H21Cl3N2OS/c1-17-6-11-26-25(12-17)33-28(35-26)18-7-9-22(10-8-18)32-15-20-13-21(29)14-24(31)27(20)34-16-19-4-2-3-5-23(19)30/h2-14,32H,15-16H2,1H3. The Morgan fingerprint density at radius 3 is 2.46 bits per heavy atom. The van der Waals surface area contributed by atoms with Crippen molar-refractivity contribution in [1.29, 1.82) is 0 Å². The van der Waals surface area contributed by atoms with Gasteiger partial charge in [-0.3, -0.25) is 0 Å². The van der Waals surface area contributed by atoms with Gasteiger partial charge in [-0.1, -0.05) is 59.1 Å². The Hall–Kier alpha value is -2.76. The monoisotopic (exact) mass is 538 g/mol. The lowest BCUT2D eigenvalue weighted by molar-refractivity contribution is 0.303. The number of halogens is 3. The SMILES string of the molecule is Cc1ccc2sc(-c3ccc(NCc4cc(Cl)cc(Cl)c4OCc4ccccc4Cl)cc3)nc2c1. The third-order valence-electron chi connectivity index (χ3n) is 5.57. The Morgan fingerprint density at radius 2 is 1.66 bits per heavy atom. The first-order chi connectivity index (χ1) is 17.0. The Kier molecular flexibility index (Phi) is 7.17. The summed E-state index contributed by atoms with van der Waals surface area (Å²) in [6.07, 6.45) is 0. The first kappa shape index (κ1) is 24.0. The van der Waals surface area contributed by atoms with E-state index in [2.05, 4.69) is 42.6 Å². The minimum atomic E-state index is 0.310. The molecule has 0 aliphatic heterocycles. The molecule has 1 N–H and O–H groups in total. The molecule has 0 aliphatic rings. The number of rotatable bonds is 7. The van der Waals surface area contributed by atoms with E-state index in [1.165, 1.54) is 10.3 Å². The Bertz CT molecular complexity index is 1500. The van der Waals surface area contributed by atoms with Gasteiger partial charge in [0.15, 0.2) is 0 Å². The number of ether oxygens (including phenoxy) is 1. The molecule has 4 aromatic carbocycles. The van der Waals surface area contributed by atoms with Crippen LogP contribution in [-0.4, -0.2) is 4.98 Å². The fourth-order valence-corrected chi connectivity index (χ4v) is 5.49. The highest BCUT2D eigenvalue weighted by molar-refractivity contribution is 7.21. The first-order valence-corrected chi connectivity index (χ1v) is 13.0. The van der Waals surface area contributed by atoms with Crippen LogP contribution in [0.4, 0.5) is 5.69 Å². The minimum Gasteiger partial charge on any atom is -0.487 e. The summed E-state index contributed by atoms with van der Waals surface area (Å²) in [7, 11) is 0. The predicted octanol–water partition coefficient (Wildman–Crippen LogP) is 9.42. The summed E-state index contributed by atoms with van der Waals surface area (Å²) in [5.41, 5.74) is 6.06. The van der Waals surface area contributed by atoms with E-state index in [0.29, 0.717) is 34.0 Å². The second-order valence-corrected chi connectivity index (χ2v) is 10.5. The lowest BCUT2D eigenvalue weighted by Gasteiger charge is -2.16. The molecule has 176 valence electrons. The summed E-state index contributed by atoms with van der Waals surface area (Å²) in [5, 5.41) is 6.11. The molecule has 0 saturated heterocycles. The summed E-state index contributed by atoms with van der Waals surface area (Å²) in [5.74, 6) is 0.588. The Morgan fingerprint density at radius 1 is 0.857 bits per heavy atom. The second-order valence-electron chi connectivity index (χ2n) is 8.18. The van der Waals surface area contributed by atoms with Crippen molar-refractivity contribution in [2.24, 2.45) is 0 Å². The highest BCUT2D eigenvalue weighted by Gasteiger charge is 2.13. The van der Waals surface area contributed by atoms with Crippen LogP contribution in [0.2, 0.25) is 15.1 Å². The molecule has 0 saturated carbocycles. The minimum absolute atomic E-state index is 0.310. The maximum absolute atomic E-state index is 6.48. The van der Waals surface area contributed by atoms with Gasteiger partial charge >= 0.3 is 0 Å². The van der Waals surface area contributed by atoms with E-state index in [4.69, 9.17) is 44.5 Å². The van der Waals surface area contributed by atoms with Gasteiger partial charge < -0.3 is 10.1 Å². The highest BCUT2D eigenvalue weighted by atomic mass is 35.5. The van der Waals surface area contributed by atoms with E-state index < -0.39 is 0 Å². The molecule has 35 heavy (non-hydrogen) atoms. The zero-order valence-corrected chi connectivity index (χ0v) is 21.9. The van der Waals surface area contributed by atoms with E-state index in [1.807, 2.05) is 42.5 Å². The van der Waals surface area contributed by atoms with E-state index in [1.54, 1.807) is 17.4 Å². The number of benzene rings is 4. The molecule has 0 unspecified atom stereocenters. The molecule has 0 bridgehead atoms. The van der Waals surface area contributed by atoms with Crippen LogP contribution < -0.4 is 10.1 Å². The zero-order valence-electron chi connectivity index (χ0n) is 18.8. The van der Waals surface area contributed by atoms with Crippen LogP contribution in [0, 0.1) is 6.92 Å². The van der Waals surface area contributed by atoms with Crippen LogP contribution in [0.25, 0.3) is 20.8 Å². The third-order valence-corrected chi connectivity index (χ3v) is 7.53. The fraction of sp³-hybridized carbons (Fsp3) is 0.107. The molecule has 0 atom stereocenters. The molecule has 0 aliphatic carbocycles. The van der Waals surface area contributed by atoms with Crippen LogP contribution >= 0.6 is 46.1 Å². The van der Waals surface area contributed by atoms with Crippen molar-refractivity contribution in [2.45, 2.75) is 20.1 Å². The second kappa shape index (κ2) is 10.5. The smallest absolute Gasteiger partial charge is 0.143 e. The maximum Gasteiger partial charge on any atom is 0.143 e.